The van der Waals surface area contributed by atoms with Gasteiger partial charge in [-0.15, -0.1) is 15.3 Å². The molecule has 0 saturated carbocycles. The number of aryl methyl sites for hydroxylation is 1. The predicted octanol–water partition coefficient (Wildman–Crippen LogP) is 4.48. The van der Waals surface area contributed by atoms with Crippen molar-refractivity contribution in [2.75, 3.05) is 0 Å². The molecule has 0 bridgehead atoms. The summed E-state index contributed by atoms with van der Waals surface area (Å²) in [7, 11) is 0. The molecule has 1 amide bonds. The molecule has 4 aromatic rings. The summed E-state index contributed by atoms with van der Waals surface area (Å²) in [5.74, 6) is -1.33. The molecule has 0 fully saturated rings. The summed E-state index contributed by atoms with van der Waals surface area (Å²) in [6.45, 7) is 3.63. The monoisotopic (exact) mass is 441 g/mol. The SMILES string of the molecule is Cc1c(Oc2cccc(C(=O)NCc3ccccc3)c2)nn2c(C(F)(F)F)nnc2c1C. The maximum Gasteiger partial charge on any atom is 0.453 e. The number of halogens is 3. The molecule has 0 spiro atoms. The van der Waals surface area contributed by atoms with Gasteiger partial charge in [-0.25, -0.2) is 0 Å². The van der Waals surface area contributed by atoms with Crippen molar-refractivity contribution in [1.29, 1.82) is 0 Å². The van der Waals surface area contributed by atoms with Crippen LogP contribution in [0.3, 0.4) is 0 Å². The van der Waals surface area contributed by atoms with Gasteiger partial charge < -0.3 is 10.1 Å². The average Bonchev–Trinajstić information content (AvgIpc) is 3.21. The molecule has 2 aromatic carbocycles. The van der Waals surface area contributed by atoms with E-state index in [0.717, 1.165) is 5.56 Å². The minimum absolute atomic E-state index is 0.00350. The van der Waals surface area contributed by atoms with E-state index in [0.29, 0.717) is 27.8 Å². The molecule has 10 heteroatoms. The lowest BCUT2D eigenvalue weighted by molar-refractivity contribution is -0.146. The Kier molecular flexibility index (Phi) is 5.52. The van der Waals surface area contributed by atoms with Gasteiger partial charge in [0.1, 0.15) is 5.75 Å². The summed E-state index contributed by atoms with van der Waals surface area (Å²) >= 11 is 0. The number of ether oxygens (including phenoxy) is 1. The van der Waals surface area contributed by atoms with E-state index in [4.69, 9.17) is 4.74 Å². The first-order chi connectivity index (χ1) is 15.2. The summed E-state index contributed by atoms with van der Waals surface area (Å²) in [5.41, 5.74) is 2.25. The van der Waals surface area contributed by atoms with E-state index in [1.54, 1.807) is 32.0 Å². The van der Waals surface area contributed by atoms with Gasteiger partial charge in [-0.1, -0.05) is 36.4 Å². The maximum absolute atomic E-state index is 13.2. The fourth-order valence-electron chi connectivity index (χ4n) is 3.07. The standard InChI is InChI=1S/C22H18F3N5O2/c1-13-14(2)20(29-30-18(13)27-28-21(30)22(23,24)25)32-17-10-6-9-16(11-17)19(31)26-12-15-7-4-3-5-8-15/h3-11H,12H2,1-2H3,(H,26,31). The minimum atomic E-state index is -4.72. The Morgan fingerprint density at radius 3 is 2.50 bits per heavy atom. The second-order valence-corrected chi connectivity index (χ2v) is 7.11. The molecule has 32 heavy (non-hydrogen) atoms. The predicted molar refractivity (Wildman–Crippen MR) is 109 cm³/mol. The van der Waals surface area contributed by atoms with Gasteiger partial charge in [0.2, 0.25) is 5.88 Å². The van der Waals surface area contributed by atoms with Crippen molar-refractivity contribution in [2.24, 2.45) is 0 Å². The molecule has 2 aromatic heterocycles. The molecule has 4 rings (SSSR count). The fraction of sp³-hybridized carbons (Fsp3) is 0.182. The van der Waals surface area contributed by atoms with Crippen molar-refractivity contribution >= 4 is 11.6 Å². The van der Waals surface area contributed by atoms with E-state index >= 15 is 0 Å². The highest BCUT2D eigenvalue weighted by molar-refractivity contribution is 5.94. The first kappa shape index (κ1) is 21.3. The van der Waals surface area contributed by atoms with Crippen LogP contribution < -0.4 is 10.1 Å². The normalized spacial score (nSPS) is 11.5. The van der Waals surface area contributed by atoms with Crippen LogP contribution in [0.15, 0.2) is 54.6 Å². The number of nitrogens with zero attached hydrogens (tertiary/aromatic N) is 4. The van der Waals surface area contributed by atoms with Crippen LogP contribution in [0.25, 0.3) is 5.65 Å². The van der Waals surface area contributed by atoms with Gasteiger partial charge in [-0.05, 0) is 37.6 Å². The number of benzene rings is 2. The molecular formula is C22H18F3N5O2. The van der Waals surface area contributed by atoms with Gasteiger partial charge >= 0.3 is 6.18 Å². The molecule has 0 aliphatic heterocycles. The van der Waals surface area contributed by atoms with Crippen LogP contribution in [-0.4, -0.2) is 25.7 Å². The van der Waals surface area contributed by atoms with Crippen molar-refractivity contribution in [2.45, 2.75) is 26.6 Å². The molecule has 164 valence electrons. The van der Waals surface area contributed by atoms with Crippen molar-refractivity contribution < 1.29 is 22.7 Å². The zero-order valence-corrected chi connectivity index (χ0v) is 17.1. The Hall–Kier alpha value is -3.95. The van der Waals surface area contributed by atoms with Crippen LogP contribution in [0.5, 0.6) is 11.6 Å². The van der Waals surface area contributed by atoms with Crippen LogP contribution in [0.2, 0.25) is 0 Å². The minimum Gasteiger partial charge on any atom is -0.437 e. The molecule has 0 aliphatic carbocycles. The molecule has 2 heterocycles. The molecule has 0 unspecified atom stereocenters. The summed E-state index contributed by atoms with van der Waals surface area (Å²) in [6, 6.07) is 15.8. The Morgan fingerprint density at radius 2 is 1.78 bits per heavy atom. The third kappa shape index (κ3) is 4.25. The van der Waals surface area contributed by atoms with E-state index in [9.17, 15) is 18.0 Å². The number of hydrogen-bond donors (Lipinski definition) is 1. The summed E-state index contributed by atoms with van der Waals surface area (Å²) in [6.07, 6.45) is -4.72. The fourth-order valence-corrected chi connectivity index (χ4v) is 3.07. The Morgan fingerprint density at radius 1 is 1.03 bits per heavy atom. The van der Waals surface area contributed by atoms with Crippen molar-refractivity contribution in [3.05, 3.63) is 82.7 Å². The highest BCUT2D eigenvalue weighted by atomic mass is 19.4. The average molecular weight is 441 g/mol. The van der Waals surface area contributed by atoms with Crippen molar-refractivity contribution in [1.82, 2.24) is 25.1 Å². The van der Waals surface area contributed by atoms with Gasteiger partial charge in [-0.3, -0.25) is 4.79 Å². The highest BCUT2D eigenvalue weighted by Gasteiger charge is 2.38. The van der Waals surface area contributed by atoms with Crippen LogP contribution in [-0.2, 0) is 12.7 Å². The van der Waals surface area contributed by atoms with Crippen LogP contribution in [0.1, 0.15) is 32.9 Å². The lowest BCUT2D eigenvalue weighted by Crippen LogP contribution is -2.22. The smallest absolute Gasteiger partial charge is 0.437 e. The second-order valence-electron chi connectivity index (χ2n) is 7.11. The van der Waals surface area contributed by atoms with Gasteiger partial charge in [0.05, 0.1) is 0 Å². The van der Waals surface area contributed by atoms with E-state index < -0.39 is 12.0 Å². The third-order valence-corrected chi connectivity index (χ3v) is 4.91. The number of hydrogen-bond acceptors (Lipinski definition) is 5. The van der Waals surface area contributed by atoms with E-state index in [1.165, 1.54) is 6.07 Å². The number of aromatic nitrogens is 4. The first-order valence-electron chi connectivity index (χ1n) is 9.64. The zero-order valence-electron chi connectivity index (χ0n) is 17.1. The molecule has 1 N–H and O–H groups in total. The van der Waals surface area contributed by atoms with Gasteiger partial charge in [0.25, 0.3) is 11.7 Å². The zero-order chi connectivity index (χ0) is 22.9. The first-order valence-corrected chi connectivity index (χ1v) is 9.64. The van der Waals surface area contributed by atoms with Gasteiger partial charge in [0.15, 0.2) is 5.65 Å². The Labute approximate surface area is 180 Å². The number of carbonyl (C=O) groups is 1. The van der Waals surface area contributed by atoms with E-state index in [-0.39, 0.29) is 23.2 Å². The number of amides is 1. The van der Waals surface area contributed by atoms with Gasteiger partial charge in [-0.2, -0.15) is 17.7 Å². The Bertz CT molecular complexity index is 1290. The number of rotatable bonds is 5. The molecule has 0 atom stereocenters. The Balaban J connectivity index is 1.59. The van der Waals surface area contributed by atoms with Crippen LogP contribution in [0, 0.1) is 13.8 Å². The topological polar surface area (TPSA) is 81.4 Å². The number of nitrogens with one attached hydrogen (secondary N) is 1. The van der Waals surface area contributed by atoms with Crippen LogP contribution >= 0.6 is 0 Å². The molecule has 0 radical (unpaired) electrons. The molecule has 0 aliphatic rings. The van der Waals surface area contributed by atoms with Crippen LogP contribution in [0.4, 0.5) is 13.2 Å². The van der Waals surface area contributed by atoms with Crippen molar-refractivity contribution in [3.63, 3.8) is 0 Å². The number of fused-ring (bicyclic) bond motifs is 1. The lowest BCUT2D eigenvalue weighted by atomic mass is 10.1. The molecular weight excluding hydrogens is 423 g/mol. The summed E-state index contributed by atoms with van der Waals surface area (Å²) < 4.78 is 46.1. The van der Waals surface area contributed by atoms with E-state index in [2.05, 4.69) is 20.6 Å². The lowest BCUT2D eigenvalue weighted by Gasteiger charge is -2.12. The highest BCUT2D eigenvalue weighted by Crippen LogP contribution is 2.31. The molecule has 7 nitrogen and oxygen atoms in total. The maximum atomic E-state index is 13.2. The number of alkyl halides is 3. The summed E-state index contributed by atoms with van der Waals surface area (Å²) in [4.78, 5) is 12.5. The quantitative estimate of drug-likeness (QED) is 0.494. The molecule has 0 saturated heterocycles. The largest absolute Gasteiger partial charge is 0.453 e. The third-order valence-electron chi connectivity index (χ3n) is 4.91. The van der Waals surface area contributed by atoms with E-state index in [1.807, 2.05) is 30.3 Å². The van der Waals surface area contributed by atoms with Gasteiger partial charge in [0, 0.05) is 23.2 Å². The summed E-state index contributed by atoms with van der Waals surface area (Å²) in [5, 5.41) is 13.6. The van der Waals surface area contributed by atoms with Crippen molar-refractivity contribution in [3.8, 4) is 11.6 Å². The number of carbonyl (C=O) groups excluding carboxylic acids is 1. The second kappa shape index (κ2) is 8.29.